The normalized spacial score (nSPS) is 10.0. The average molecular weight is 209 g/mol. The Morgan fingerprint density at radius 2 is 2.13 bits per heavy atom. The molecule has 0 aromatic heterocycles. The van der Waals surface area contributed by atoms with Crippen molar-refractivity contribution in [1.82, 2.24) is 0 Å². The van der Waals surface area contributed by atoms with Crippen LogP contribution in [0.3, 0.4) is 0 Å². The van der Waals surface area contributed by atoms with Gasteiger partial charge in [0.15, 0.2) is 0 Å². The van der Waals surface area contributed by atoms with E-state index in [1.54, 1.807) is 18.2 Å². The highest BCUT2D eigenvalue weighted by Crippen LogP contribution is 2.17. The van der Waals surface area contributed by atoms with Crippen molar-refractivity contribution in [3.05, 3.63) is 30.1 Å². The Kier molecular flexibility index (Phi) is 4.09. The molecular weight excluding hydrogens is 193 g/mol. The Morgan fingerprint density at radius 1 is 1.47 bits per heavy atom. The van der Waals surface area contributed by atoms with Crippen LogP contribution < -0.4 is 10.6 Å². The molecule has 0 radical (unpaired) electrons. The number of anilines is 1. The van der Waals surface area contributed by atoms with Crippen molar-refractivity contribution >= 4 is 11.5 Å². The number of amidine groups is 1. The van der Waals surface area contributed by atoms with Crippen molar-refractivity contribution in [3.63, 3.8) is 0 Å². The first-order chi connectivity index (χ1) is 7.11. The fourth-order valence-electron chi connectivity index (χ4n) is 1.39. The summed E-state index contributed by atoms with van der Waals surface area (Å²) in [7, 11) is 1.83. The second-order valence-corrected chi connectivity index (χ2v) is 3.50. The molecule has 0 fully saturated rings. The van der Waals surface area contributed by atoms with E-state index in [1.807, 2.05) is 11.9 Å². The fraction of sp³-hybridized carbons (Fsp3) is 0.364. The van der Waals surface area contributed by atoms with Gasteiger partial charge in [-0.15, -0.1) is 0 Å². The molecule has 0 heterocycles. The number of benzene rings is 1. The van der Waals surface area contributed by atoms with Crippen LogP contribution in [0.2, 0.25) is 0 Å². The lowest BCUT2D eigenvalue weighted by Gasteiger charge is -2.19. The van der Waals surface area contributed by atoms with E-state index in [0.29, 0.717) is 18.7 Å². The highest BCUT2D eigenvalue weighted by atomic mass is 19.1. The van der Waals surface area contributed by atoms with E-state index in [0.717, 1.165) is 6.42 Å². The molecule has 0 aliphatic rings. The van der Waals surface area contributed by atoms with Gasteiger partial charge in [0.1, 0.15) is 5.82 Å². The van der Waals surface area contributed by atoms with Gasteiger partial charge in [-0.2, -0.15) is 0 Å². The lowest BCUT2D eigenvalue weighted by Crippen LogP contribution is -2.21. The molecule has 0 bridgehead atoms. The van der Waals surface area contributed by atoms with Crippen LogP contribution >= 0.6 is 0 Å². The third kappa shape index (κ3) is 3.58. The zero-order valence-electron chi connectivity index (χ0n) is 8.83. The summed E-state index contributed by atoms with van der Waals surface area (Å²) in [5, 5.41) is 7.07. The number of hydrogen-bond donors (Lipinski definition) is 2. The molecule has 1 aromatic carbocycles. The first-order valence-electron chi connectivity index (χ1n) is 4.90. The zero-order chi connectivity index (χ0) is 11.3. The third-order valence-electron chi connectivity index (χ3n) is 2.20. The van der Waals surface area contributed by atoms with E-state index in [1.165, 1.54) is 6.07 Å². The van der Waals surface area contributed by atoms with E-state index in [4.69, 9.17) is 11.1 Å². The number of para-hydroxylation sites is 1. The van der Waals surface area contributed by atoms with Gasteiger partial charge in [-0.1, -0.05) is 12.1 Å². The summed E-state index contributed by atoms with van der Waals surface area (Å²) in [5.74, 6) is -0.0419. The Morgan fingerprint density at radius 3 is 2.73 bits per heavy atom. The monoisotopic (exact) mass is 209 g/mol. The van der Waals surface area contributed by atoms with Gasteiger partial charge >= 0.3 is 0 Å². The van der Waals surface area contributed by atoms with Crippen LogP contribution in [-0.2, 0) is 0 Å². The Bertz CT molecular complexity index is 338. The van der Waals surface area contributed by atoms with Gasteiger partial charge in [0, 0.05) is 20.0 Å². The maximum absolute atomic E-state index is 13.3. The van der Waals surface area contributed by atoms with Gasteiger partial charge in [-0.05, 0) is 18.6 Å². The SMILES string of the molecule is CN(CCCC(=N)N)c1ccccc1F. The van der Waals surface area contributed by atoms with Gasteiger partial charge < -0.3 is 10.6 Å². The van der Waals surface area contributed by atoms with Gasteiger partial charge in [0.2, 0.25) is 0 Å². The Labute approximate surface area is 89.2 Å². The Balaban J connectivity index is 2.50. The minimum absolute atomic E-state index is 0.178. The van der Waals surface area contributed by atoms with Crippen molar-refractivity contribution < 1.29 is 4.39 Å². The molecule has 3 nitrogen and oxygen atoms in total. The minimum Gasteiger partial charge on any atom is -0.388 e. The molecule has 0 spiro atoms. The summed E-state index contributed by atoms with van der Waals surface area (Å²) in [6, 6.07) is 6.65. The van der Waals surface area contributed by atoms with Crippen LogP contribution in [0.1, 0.15) is 12.8 Å². The second kappa shape index (κ2) is 5.34. The molecule has 1 rings (SSSR count). The third-order valence-corrected chi connectivity index (χ3v) is 2.20. The molecule has 15 heavy (non-hydrogen) atoms. The van der Waals surface area contributed by atoms with Crippen LogP contribution in [-0.4, -0.2) is 19.4 Å². The highest BCUT2D eigenvalue weighted by molar-refractivity contribution is 5.76. The van der Waals surface area contributed by atoms with Crippen LogP contribution in [0.15, 0.2) is 24.3 Å². The first kappa shape index (κ1) is 11.5. The minimum atomic E-state index is -0.220. The summed E-state index contributed by atoms with van der Waals surface area (Å²) >= 11 is 0. The summed E-state index contributed by atoms with van der Waals surface area (Å²) < 4.78 is 13.3. The predicted molar refractivity (Wildman–Crippen MR) is 60.8 cm³/mol. The topological polar surface area (TPSA) is 53.1 Å². The van der Waals surface area contributed by atoms with Crippen molar-refractivity contribution in [2.24, 2.45) is 5.73 Å². The maximum atomic E-state index is 13.3. The van der Waals surface area contributed by atoms with E-state index in [2.05, 4.69) is 0 Å². The highest BCUT2D eigenvalue weighted by Gasteiger charge is 2.05. The van der Waals surface area contributed by atoms with E-state index < -0.39 is 0 Å². The molecule has 0 atom stereocenters. The van der Waals surface area contributed by atoms with Gasteiger partial charge in [0.05, 0.1) is 11.5 Å². The molecule has 0 saturated carbocycles. The summed E-state index contributed by atoms with van der Waals surface area (Å²) in [6.45, 7) is 0.695. The lowest BCUT2D eigenvalue weighted by molar-refractivity contribution is 0.621. The molecular formula is C11H16FN3. The van der Waals surface area contributed by atoms with Crippen LogP contribution in [0.5, 0.6) is 0 Å². The molecule has 4 heteroatoms. The summed E-state index contributed by atoms with van der Waals surface area (Å²) in [5.41, 5.74) is 5.82. The maximum Gasteiger partial charge on any atom is 0.146 e. The van der Waals surface area contributed by atoms with Crippen LogP contribution in [0.25, 0.3) is 0 Å². The van der Waals surface area contributed by atoms with Crippen LogP contribution in [0, 0.1) is 11.2 Å². The Hall–Kier alpha value is -1.58. The molecule has 0 amide bonds. The standard InChI is InChI=1S/C11H16FN3/c1-15(8-4-7-11(13)14)10-6-3-2-5-9(10)12/h2-3,5-6H,4,7-8H2,1H3,(H3,13,14). The molecule has 0 aliphatic heterocycles. The average Bonchev–Trinajstić information content (AvgIpc) is 2.17. The molecule has 82 valence electrons. The van der Waals surface area contributed by atoms with Crippen molar-refractivity contribution in [2.75, 3.05) is 18.5 Å². The fourth-order valence-corrected chi connectivity index (χ4v) is 1.39. The molecule has 3 N–H and O–H groups in total. The summed E-state index contributed by atoms with van der Waals surface area (Å²) in [4.78, 5) is 1.83. The summed E-state index contributed by atoms with van der Waals surface area (Å²) in [6.07, 6.45) is 1.32. The number of hydrogen-bond acceptors (Lipinski definition) is 2. The van der Waals surface area contributed by atoms with Crippen molar-refractivity contribution in [1.29, 1.82) is 5.41 Å². The van der Waals surface area contributed by atoms with E-state index >= 15 is 0 Å². The number of nitrogens with one attached hydrogen (secondary N) is 1. The molecule has 0 unspecified atom stereocenters. The van der Waals surface area contributed by atoms with Gasteiger partial charge in [-0.25, -0.2) is 4.39 Å². The smallest absolute Gasteiger partial charge is 0.146 e. The predicted octanol–water partition coefficient (Wildman–Crippen LogP) is 1.98. The lowest BCUT2D eigenvalue weighted by atomic mass is 10.2. The second-order valence-electron chi connectivity index (χ2n) is 3.50. The number of halogens is 1. The van der Waals surface area contributed by atoms with Crippen molar-refractivity contribution in [3.8, 4) is 0 Å². The first-order valence-corrected chi connectivity index (χ1v) is 4.90. The number of nitrogens with zero attached hydrogens (tertiary/aromatic N) is 1. The largest absolute Gasteiger partial charge is 0.388 e. The van der Waals surface area contributed by atoms with E-state index in [9.17, 15) is 4.39 Å². The molecule has 1 aromatic rings. The quantitative estimate of drug-likeness (QED) is 0.575. The van der Waals surface area contributed by atoms with Gasteiger partial charge in [0.25, 0.3) is 0 Å². The van der Waals surface area contributed by atoms with E-state index in [-0.39, 0.29) is 11.7 Å². The zero-order valence-corrected chi connectivity index (χ0v) is 8.83. The van der Waals surface area contributed by atoms with Gasteiger partial charge in [-0.3, -0.25) is 5.41 Å². The molecule has 0 saturated heterocycles. The molecule has 0 aliphatic carbocycles. The number of nitrogens with two attached hydrogens (primary N) is 1. The van der Waals surface area contributed by atoms with Crippen LogP contribution in [0.4, 0.5) is 10.1 Å². The number of rotatable bonds is 5. The van der Waals surface area contributed by atoms with Crippen molar-refractivity contribution in [2.45, 2.75) is 12.8 Å².